The highest BCUT2D eigenvalue weighted by Gasteiger charge is 2.18. The topological polar surface area (TPSA) is 70.0 Å². The molecule has 0 aliphatic carbocycles. The average molecular weight is 251 g/mol. The van der Waals surface area contributed by atoms with E-state index in [9.17, 15) is 9.90 Å². The van der Waals surface area contributed by atoms with Gasteiger partial charge in [-0.2, -0.15) is 0 Å². The Hall–Kier alpha value is -2.01. The van der Waals surface area contributed by atoms with E-state index >= 15 is 0 Å². The maximum Gasteiger partial charge on any atom is 0.258 e. The van der Waals surface area contributed by atoms with Crippen LogP contribution in [0.4, 0.5) is 0 Å². The molecule has 0 atom stereocenters. The number of nitrogens with zero attached hydrogens (tertiary/aromatic N) is 1. The zero-order chi connectivity index (χ0) is 13.5. The number of aliphatic hydroxyl groups excluding tert-OH is 1. The largest absolute Gasteiger partial charge is 0.507 e. The molecule has 98 valence electrons. The lowest BCUT2D eigenvalue weighted by molar-refractivity contribution is 0.0739. The fourth-order valence-corrected chi connectivity index (χ4v) is 1.54. The highest BCUT2D eigenvalue weighted by atomic mass is 16.5. The van der Waals surface area contributed by atoms with Crippen molar-refractivity contribution in [3.05, 3.63) is 36.4 Å². The molecule has 5 nitrogen and oxygen atoms in total. The normalized spacial score (nSPS) is 9.89. The molecule has 0 heterocycles. The number of hydrogen-bond acceptors (Lipinski definition) is 4. The van der Waals surface area contributed by atoms with Crippen LogP contribution in [0.2, 0.25) is 0 Å². The third-order valence-electron chi connectivity index (χ3n) is 2.44. The monoisotopic (exact) mass is 251 g/mol. The number of benzene rings is 1. The van der Waals surface area contributed by atoms with Crippen molar-refractivity contribution < 1.29 is 19.7 Å². The van der Waals surface area contributed by atoms with Gasteiger partial charge in [-0.15, -0.1) is 6.58 Å². The molecule has 0 unspecified atom stereocenters. The Kier molecular flexibility index (Phi) is 5.20. The summed E-state index contributed by atoms with van der Waals surface area (Å²) >= 11 is 0. The molecule has 0 fully saturated rings. The summed E-state index contributed by atoms with van der Waals surface area (Å²) in [6.07, 6.45) is 1.56. The molecule has 18 heavy (non-hydrogen) atoms. The molecule has 0 aliphatic rings. The van der Waals surface area contributed by atoms with E-state index in [-0.39, 0.29) is 30.4 Å². The van der Waals surface area contributed by atoms with Crippen LogP contribution in [0, 0.1) is 0 Å². The molecular formula is C13H17NO4. The fraction of sp³-hybridized carbons (Fsp3) is 0.308. The van der Waals surface area contributed by atoms with E-state index in [1.165, 1.54) is 24.1 Å². The smallest absolute Gasteiger partial charge is 0.258 e. The van der Waals surface area contributed by atoms with Crippen molar-refractivity contribution >= 4 is 5.91 Å². The first kappa shape index (κ1) is 14.1. The molecule has 0 saturated heterocycles. The number of carbonyl (C=O) groups is 1. The Morgan fingerprint density at radius 3 is 2.83 bits per heavy atom. The standard InChI is InChI=1S/C13H17NO4/c1-3-6-14(7-8-15)13(17)11-9-10(18-2)4-5-12(11)16/h3-5,9,15-16H,1,6-8H2,2H3. The van der Waals surface area contributed by atoms with Crippen molar-refractivity contribution in [3.63, 3.8) is 0 Å². The maximum atomic E-state index is 12.2. The lowest BCUT2D eigenvalue weighted by Crippen LogP contribution is -2.33. The van der Waals surface area contributed by atoms with Crippen molar-refractivity contribution in [1.29, 1.82) is 0 Å². The van der Waals surface area contributed by atoms with Crippen LogP contribution in [0.3, 0.4) is 0 Å². The SMILES string of the molecule is C=CCN(CCO)C(=O)c1cc(OC)ccc1O. The quantitative estimate of drug-likeness (QED) is 0.741. The second-order valence-corrected chi connectivity index (χ2v) is 3.65. The lowest BCUT2D eigenvalue weighted by Gasteiger charge is -2.20. The van der Waals surface area contributed by atoms with E-state index in [0.717, 1.165) is 0 Å². The van der Waals surface area contributed by atoms with Gasteiger partial charge in [-0.05, 0) is 18.2 Å². The minimum Gasteiger partial charge on any atom is -0.507 e. The van der Waals surface area contributed by atoms with Gasteiger partial charge >= 0.3 is 0 Å². The van der Waals surface area contributed by atoms with Crippen molar-refractivity contribution in [2.45, 2.75) is 0 Å². The fourth-order valence-electron chi connectivity index (χ4n) is 1.54. The summed E-state index contributed by atoms with van der Waals surface area (Å²) < 4.78 is 5.01. The molecule has 0 bridgehead atoms. The number of rotatable bonds is 6. The Labute approximate surface area is 106 Å². The summed E-state index contributed by atoms with van der Waals surface area (Å²) in [6, 6.07) is 4.43. The first-order chi connectivity index (χ1) is 8.63. The number of hydrogen-bond donors (Lipinski definition) is 2. The second-order valence-electron chi connectivity index (χ2n) is 3.65. The summed E-state index contributed by atoms with van der Waals surface area (Å²) in [7, 11) is 1.48. The van der Waals surface area contributed by atoms with Gasteiger partial charge in [0, 0.05) is 13.1 Å². The molecule has 1 rings (SSSR count). The zero-order valence-electron chi connectivity index (χ0n) is 10.3. The molecule has 1 aromatic rings. The lowest BCUT2D eigenvalue weighted by atomic mass is 10.1. The van der Waals surface area contributed by atoms with Crippen LogP contribution in [0.25, 0.3) is 0 Å². The van der Waals surface area contributed by atoms with E-state index in [0.29, 0.717) is 12.3 Å². The molecule has 0 spiro atoms. The third-order valence-corrected chi connectivity index (χ3v) is 2.44. The van der Waals surface area contributed by atoms with Gasteiger partial charge in [0.25, 0.3) is 5.91 Å². The Morgan fingerprint density at radius 1 is 1.56 bits per heavy atom. The average Bonchev–Trinajstić information content (AvgIpc) is 2.38. The molecule has 2 N–H and O–H groups in total. The molecule has 1 amide bonds. The van der Waals surface area contributed by atoms with Crippen molar-refractivity contribution in [2.75, 3.05) is 26.8 Å². The van der Waals surface area contributed by atoms with Crippen LogP contribution in [0.5, 0.6) is 11.5 Å². The molecule has 0 aliphatic heterocycles. The van der Waals surface area contributed by atoms with Crippen LogP contribution in [-0.4, -0.2) is 47.8 Å². The number of ether oxygens (including phenoxy) is 1. The minimum absolute atomic E-state index is 0.118. The minimum atomic E-state index is -0.375. The Balaban J connectivity index is 3.02. The molecular weight excluding hydrogens is 234 g/mol. The molecule has 5 heteroatoms. The number of aromatic hydroxyl groups is 1. The van der Waals surface area contributed by atoms with Gasteiger partial charge in [0.1, 0.15) is 11.5 Å². The number of aliphatic hydroxyl groups is 1. The maximum absolute atomic E-state index is 12.2. The Bertz CT molecular complexity index is 431. The number of carbonyl (C=O) groups excluding carboxylic acids is 1. The summed E-state index contributed by atoms with van der Waals surface area (Å²) in [5, 5.41) is 18.6. The van der Waals surface area contributed by atoms with E-state index in [1.54, 1.807) is 12.1 Å². The number of methoxy groups -OCH3 is 1. The van der Waals surface area contributed by atoms with Gasteiger partial charge in [0.2, 0.25) is 0 Å². The van der Waals surface area contributed by atoms with E-state index in [2.05, 4.69) is 6.58 Å². The van der Waals surface area contributed by atoms with Crippen LogP contribution in [0.1, 0.15) is 10.4 Å². The molecule has 1 aromatic carbocycles. The van der Waals surface area contributed by atoms with E-state index < -0.39 is 0 Å². The highest BCUT2D eigenvalue weighted by Crippen LogP contribution is 2.24. The van der Waals surface area contributed by atoms with Gasteiger partial charge in [-0.1, -0.05) is 6.08 Å². The first-order valence-corrected chi connectivity index (χ1v) is 5.52. The summed E-state index contributed by atoms with van der Waals surface area (Å²) in [5.74, 6) is -0.00754. The van der Waals surface area contributed by atoms with Crippen molar-refractivity contribution in [2.24, 2.45) is 0 Å². The summed E-state index contributed by atoms with van der Waals surface area (Å²) in [4.78, 5) is 13.6. The third kappa shape index (κ3) is 3.24. The molecule has 0 radical (unpaired) electrons. The highest BCUT2D eigenvalue weighted by molar-refractivity contribution is 5.97. The summed E-state index contributed by atoms with van der Waals surface area (Å²) in [5.41, 5.74) is 0.143. The van der Waals surface area contributed by atoms with Crippen LogP contribution >= 0.6 is 0 Å². The van der Waals surface area contributed by atoms with Gasteiger partial charge in [0.15, 0.2) is 0 Å². The van der Waals surface area contributed by atoms with Crippen LogP contribution in [-0.2, 0) is 0 Å². The predicted molar refractivity (Wildman–Crippen MR) is 67.8 cm³/mol. The van der Waals surface area contributed by atoms with Crippen molar-refractivity contribution in [1.82, 2.24) is 4.90 Å². The Morgan fingerprint density at radius 2 is 2.28 bits per heavy atom. The second kappa shape index (κ2) is 6.66. The number of phenolic OH excluding ortho intramolecular Hbond substituents is 1. The van der Waals surface area contributed by atoms with Gasteiger partial charge < -0.3 is 19.8 Å². The summed E-state index contributed by atoms with van der Waals surface area (Å²) in [6.45, 7) is 3.89. The van der Waals surface area contributed by atoms with Gasteiger partial charge in [0.05, 0.1) is 19.3 Å². The first-order valence-electron chi connectivity index (χ1n) is 5.52. The van der Waals surface area contributed by atoms with E-state index in [1.807, 2.05) is 0 Å². The van der Waals surface area contributed by atoms with Crippen molar-refractivity contribution in [3.8, 4) is 11.5 Å². The molecule has 0 saturated carbocycles. The van der Waals surface area contributed by atoms with Crippen LogP contribution in [0.15, 0.2) is 30.9 Å². The number of amides is 1. The molecule has 0 aromatic heterocycles. The number of phenols is 1. The predicted octanol–water partition coefficient (Wildman–Crippen LogP) is 1.02. The van der Waals surface area contributed by atoms with Crippen LogP contribution < -0.4 is 4.74 Å². The van der Waals surface area contributed by atoms with Gasteiger partial charge in [-0.25, -0.2) is 0 Å². The van der Waals surface area contributed by atoms with Gasteiger partial charge in [-0.3, -0.25) is 4.79 Å². The zero-order valence-corrected chi connectivity index (χ0v) is 10.3. The van der Waals surface area contributed by atoms with E-state index in [4.69, 9.17) is 9.84 Å².